The minimum atomic E-state index is -0.296. The van der Waals surface area contributed by atoms with Gasteiger partial charge in [0.05, 0.1) is 0 Å². The average Bonchev–Trinajstić information content (AvgIpc) is 3.06. The SMILES string of the molecule is C1CN1P(N1CC1)N1CC1.NC(=O)N1CC1. The lowest BCUT2D eigenvalue weighted by molar-refractivity contribution is 0.238. The lowest BCUT2D eigenvalue weighted by atomic mass is 11.0. The number of hydrogen-bond donors (Lipinski definition) is 1. The molecule has 0 aromatic heterocycles. The number of hydrogen-bond acceptors (Lipinski definition) is 4. The minimum Gasteiger partial charge on any atom is -0.351 e. The van der Waals surface area contributed by atoms with E-state index in [1.54, 1.807) is 4.90 Å². The third kappa shape index (κ3) is 2.83. The maximum Gasteiger partial charge on any atom is 0.314 e. The second kappa shape index (κ2) is 4.11. The molecule has 6 nitrogen and oxygen atoms in total. The van der Waals surface area contributed by atoms with E-state index in [1.807, 2.05) is 0 Å². The Balaban J connectivity index is 0.000000117. The molecule has 0 saturated carbocycles. The summed E-state index contributed by atoms with van der Waals surface area (Å²) in [6.45, 7) is 9.87. The number of carbonyl (C=O) groups excluding carboxylic acids is 1. The fourth-order valence-electron chi connectivity index (χ4n) is 1.48. The van der Waals surface area contributed by atoms with Gasteiger partial charge in [-0.2, -0.15) is 0 Å². The molecule has 7 heteroatoms. The molecule has 0 aromatic rings. The van der Waals surface area contributed by atoms with Crippen LogP contribution in [-0.2, 0) is 0 Å². The van der Waals surface area contributed by atoms with Crippen molar-refractivity contribution >= 4 is 14.4 Å². The van der Waals surface area contributed by atoms with Crippen LogP contribution in [0.15, 0.2) is 0 Å². The van der Waals surface area contributed by atoms with E-state index in [4.69, 9.17) is 5.73 Å². The molecule has 0 bridgehead atoms. The highest BCUT2D eigenvalue weighted by Crippen LogP contribution is 2.57. The van der Waals surface area contributed by atoms with Gasteiger partial charge in [0.2, 0.25) is 0 Å². The van der Waals surface area contributed by atoms with Crippen LogP contribution in [0.5, 0.6) is 0 Å². The van der Waals surface area contributed by atoms with Gasteiger partial charge in [-0.25, -0.2) is 4.79 Å². The van der Waals surface area contributed by atoms with Gasteiger partial charge in [0.25, 0.3) is 0 Å². The summed E-state index contributed by atoms with van der Waals surface area (Å²) in [6.07, 6.45) is 0. The van der Waals surface area contributed by atoms with E-state index in [2.05, 4.69) is 14.0 Å². The lowest BCUT2D eigenvalue weighted by Crippen LogP contribution is -2.17. The number of carbonyl (C=O) groups is 1. The number of primary amides is 1. The van der Waals surface area contributed by atoms with Crippen LogP contribution in [-0.4, -0.2) is 77.3 Å². The van der Waals surface area contributed by atoms with E-state index in [0.29, 0.717) is 0 Å². The summed E-state index contributed by atoms with van der Waals surface area (Å²) in [6, 6.07) is -0.296. The summed E-state index contributed by atoms with van der Waals surface area (Å²) < 4.78 is 7.82. The van der Waals surface area contributed by atoms with Crippen molar-refractivity contribution in [2.45, 2.75) is 0 Å². The second-order valence-corrected chi connectivity index (χ2v) is 6.69. The zero-order valence-corrected chi connectivity index (χ0v) is 10.3. The van der Waals surface area contributed by atoms with E-state index in [0.717, 1.165) is 13.1 Å². The first-order chi connectivity index (χ1) is 7.75. The lowest BCUT2D eigenvalue weighted by Gasteiger charge is -2.18. The van der Waals surface area contributed by atoms with Gasteiger partial charge in [-0.15, -0.1) is 0 Å². The molecule has 16 heavy (non-hydrogen) atoms. The van der Waals surface area contributed by atoms with E-state index in [9.17, 15) is 4.79 Å². The first-order valence-electron chi connectivity index (χ1n) is 5.85. The number of urea groups is 1. The van der Waals surface area contributed by atoms with Crippen molar-refractivity contribution in [1.82, 2.24) is 18.9 Å². The van der Waals surface area contributed by atoms with Gasteiger partial charge in [0.15, 0.2) is 0 Å². The van der Waals surface area contributed by atoms with Crippen molar-refractivity contribution in [3.63, 3.8) is 0 Å². The van der Waals surface area contributed by atoms with Crippen LogP contribution in [0.25, 0.3) is 0 Å². The number of rotatable bonds is 3. The Kier molecular flexibility index (Phi) is 2.75. The summed E-state index contributed by atoms with van der Waals surface area (Å²) in [5.74, 6) is 0. The quantitative estimate of drug-likeness (QED) is 0.538. The van der Waals surface area contributed by atoms with Gasteiger partial charge in [-0.05, 0) is 0 Å². The molecular weight excluding hydrogens is 225 g/mol. The van der Waals surface area contributed by atoms with Gasteiger partial charge in [0.1, 0.15) is 8.37 Å². The summed E-state index contributed by atoms with van der Waals surface area (Å²) in [5.41, 5.74) is 4.78. The smallest absolute Gasteiger partial charge is 0.314 e. The van der Waals surface area contributed by atoms with E-state index in [1.165, 1.54) is 39.3 Å². The van der Waals surface area contributed by atoms with Crippen LogP contribution < -0.4 is 5.73 Å². The molecule has 0 radical (unpaired) electrons. The number of nitrogens with zero attached hydrogens (tertiary/aromatic N) is 4. The van der Waals surface area contributed by atoms with Crippen LogP contribution >= 0.6 is 8.37 Å². The first kappa shape index (κ1) is 10.7. The number of amides is 2. The van der Waals surface area contributed by atoms with Gasteiger partial charge >= 0.3 is 6.03 Å². The molecule has 0 spiro atoms. The molecule has 4 aliphatic heterocycles. The fraction of sp³-hybridized carbons (Fsp3) is 0.889. The van der Waals surface area contributed by atoms with Crippen LogP contribution in [0, 0.1) is 0 Å². The van der Waals surface area contributed by atoms with Gasteiger partial charge in [-0.1, -0.05) is 0 Å². The molecule has 2 amide bonds. The van der Waals surface area contributed by atoms with E-state index < -0.39 is 0 Å². The predicted octanol–water partition coefficient (Wildman–Crippen LogP) is -0.459. The Morgan fingerprint density at radius 1 is 0.812 bits per heavy atom. The highest BCUT2D eigenvalue weighted by Gasteiger charge is 2.45. The summed E-state index contributed by atoms with van der Waals surface area (Å²) >= 11 is 0. The normalized spacial score (nSPS) is 27.4. The molecule has 0 aliphatic carbocycles. The van der Waals surface area contributed by atoms with Crippen molar-refractivity contribution in [2.75, 3.05) is 52.4 Å². The Hall–Kier alpha value is -0.420. The van der Waals surface area contributed by atoms with Crippen LogP contribution in [0.3, 0.4) is 0 Å². The molecule has 4 aliphatic rings. The van der Waals surface area contributed by atoms with Crippen LogP contribution in [0.1, 0.15) is 0 Å². The molecular formula is C9H18N5OP. The largest absolute Gasteiger partial charge is 0.351 e. The standard InChI is InChI=1S/C6H12N3P.C3H6N2O/c1-2-7(1)10(8-3-4-8)9-5-6-9;4-3(6)5-1-2-5/h1-6H2;1-2H2,(H2,4,6). The third-order valence-corrected chi connectivity index (χ3v) is 5.51. The fourth-order valence-corrected chi connectivity index (χ4v) is 3.89. The molecule has 4 rings (SSSR count). The molecule has 90 valence electrons. The molecule has 4 saturated heterocycles. The Morgan fingerprint density at radius 3 is 1.31 bits per heavy atom. The van der Waals surface area contributed by atoms with Crippen molar-refractivity contribution in [1.29, 1.82) is 0 Å². The van der Waals surface area contributed by atoms with Gasteiger partial charge in [-0.3, -0.25) is 14.0 Å². The van der Waals surface area contributed by atoms with Crippen molar-refractivity contribution in [3.8, 4) is 0 Å². The van der Waals surface area contributed by atoms with Gasteiger partial charge in [0, 0.05) is 52.4 Å². The monoisotopic (exact) mass is 243 g/mol. The van der Waals surface area contributed by atoms with Gasteiger partial charge < -0.3 is 10.6 Å². The van der Waals surface area contributed by atoms with Crippen LogP contribution in [0.2, 0.25) is 0 Å². The molecule has 0 atom stereocenters. The van der Waals surface area contributed by atoms with Crippen LogP contribution in [0.4, 0.5) is 4.79 Å². The topological polar surface area (TPSA) is 55.1 Å². The van der Waals surface area contributed by atoms with E-state index >= 15 is 0 Å². The van der Waals surface area contributed by atoms with Crippen molar-refractivity contribution < 1.29 is 4.79 Å². The third-order valence-electron chi connectivity index (χ3n) is 2.79. The number of nitrogens with two attached hydrogens (primary N) is 1. The minimum absolute atomic E-state index is 0.0957. The Labute approximate surface area is 96.9 Å². The summed E-state index contributed by atoms with van der Waals surface area (Å²) in [7, 11) is 0.0957. The summed E-state index contributed by atoms with van der Waals surface area (Å²) in [4.78, 5) is 11.5. The Bertz CT molecular complexity index is 257. The molecule has 4 heterocycles. The summed E-state index contributed by atoms with van der Waals surface area (Å²) in [5, 5.41) is 0. The van der Waals surface area contributed by atoms with Crippen molar-refractivity contribution in [3.05, 3.63) is 0 Å². The Morgan fingerprint density at radius 2 is 1.19 bits per heavy atom. The molecule has 2 N–H and O–H groups in total. The highest BCUT2D eigenvalue weighted by atomic mass is 31.2. The molecule has 0 aromatic carbocycles. The molecule has 4 fully saturated rings. The first-order valence-corrected chi connectivity index (χ1v) is 7.05. The zero-order valence-electron chi connectivity index (χ0n) is 9.38. The molecule has 0 unspecified atom stereocenters. The van der Waals surface area contributed by atoms with E-state index in [-0.39, 0.29) is 14.4 Å². The second-order valence-electron chi connectivity index (χ2n) is 4.45. The van der Waals surface area contributed by atoms with Crippen molar-refractivity contribution in [2.24, 2.45) is 5.73 Å². The predicted molar refractivity (Wildman–Crippen MR) is 62.8 cm³/mol. The maximum absolute atomic E-state index is 9.91. The highest BCUT2D eigenvalue weighted by molar-refractivity contribution is 7.51. The average molecular weight is 243 g/mol. The maximum atomic E-state index is 9.91. The zero-order chi connectivity index (χ0) is 11.1.